The first kappa shape index (κ1) is 13.6. The highest BCUT2D eigenvalue weighted by Gasteiger charge is 2.50. The van der Waals surface area contributed by atoms with Crippen molar-refractivity contribution in [3.8, 4) is 0 Å². The summed E-state index contributed by atoms with van der Waals surface area (Å²) in [4.78, 5) is 26.9. The van der Waals surface area contributed by atoms with Crippen LogP contribution in [0.2, 0.25) is 0 Å². The average Bonchev–Trinajstić information content (AvgIpc) is 2.87. The molecule has 0 radical (unpaired) electrons. The Balaban J connectivity index is 2.04. The minimum atomic E-state index is -0.792. The Hall–Kier alpha value is -1.85. The molecule has 2 rings (SSSR count). The number of imidazole rings is 1. The van der Waals surface area contributed by atoms with Crippen molar-refractivity contribution >= 4 is 12.1 Å². The normalized spacial score (nSPS) is 17.0. The third-order valence-corrected chi connectivity index (χ3v) is 3.07. The molecule has 1 fully saturated rings. The van der Waals surface area contributed by atoms with Gasteiger partial charge in [-0.3, -0.25) is 4.79 Å². The molecule has 6 heteroatoms. The molecular formula is C13H18N2O4. The molecule has 1 N–H and O–H groups in total. The molecule has 0 bridgehead atoms. The van der Waals surface area contributed by atoms with Gasteiger partial charge < -0.3 is 9.84 Å². The van der Waals surface area contributed by atoms with Gasteiger partial charge >= 0.3 is 12.1 Å². The lowest BCUT2D eigenvalue weighted by Crippen LogP contribution is -2.26. The van der Waals surface area contributed by atoms with Crippen LogP contribution in [0.25, 0.3) is 0 Å². The van der Waals surface area contributed by atoms with Gasteiger partial charge in [0.25, 0.3) is 0 Å². The van der Waals surface area contributed by atoms with E-state index >= 15 is 0 Å². The van der Waals surface area contributed by atoms with Crippen molar-refractivity contribution in [1.82, 2.24) is 9.55 Å². The fourth-order valence-electron chi connectivity index (χ4n) is 1.83. The van der Waals surface area contributed by atoms with Crippen LogP contribution in [0.5, 0.6) is 0 Å². The molecule has 0 aliphatic heterocycles. The highest BCUT2D eigenvalue weighted by molar-refractivity contribution is 5.78. The zero-order valence-corrected chi connectivity index (χ0v) is 11.3. The monoisotopic (exact) mass is 266 g/mol. The Morgan fingerprint density at radius 2 is 2.11 bits per heavy atom. The topological polar surface area (TPSA) is 81.4 Å². The molecule has 1 aliphatic carbocycles. The summed E-state index contributed by atoms with van der Waals surface area (Å²) < 4.78 is 6.45. The van der Waals surface area contributed by atoms with Gasteiger partial charge in [0.2, 0.25) is 0 Å². The van der Waals surface area contributed by atoms with Gasteiger partial charge in [0.15, 0.2) is 0 Å². The number of carbonyl (C=O) groups excluding carboxylic acids is 1. The maximum absolute atomic E-state index is 11.8. The Bertz CT molecular complexity index is 509. The van der Waals surface area contributed by atoms with Crippen molar-refractivity contribution < 1.29 is 19.4 Å². The number of nitrogens with zero attached hydrogens (tertiary/aromatic N) is 2. The zero-order valence-electron chi connectivity index (χ0n) is 11.3. The molecule has 1 aromatic rings. The molecule has 0 atom stereocenters. The van der Waals surface area contributed by atoms with Crippen molar-refractivity contribution in [2.24, 2.45) is 5.41 Å². The summed E-state index contributed by atoms with van der Waals surface area (Å²) in [6.07, 6.45) is 4.09. The molecule has 0 saturated heterocycles. The van der Waals surface area contributed by atoms with E-state index < -0.39 is 23.1 Å². The van der Waals surface area contributed by atoms with E-state index in [9.17, 15) is 9.59 Å². The van der Waals surface area contributed by atoms with Gasteiger partial charge in [-0.2, -0.15) is 0 Å². The van der Waals surface area contributed by atoms with E-state index in [1.165, 1.54) is 17.1 Å². The quantitative estimate of drug-likeness (QED) is 0.905. The van der Waals surface area contributed by atoms with Crippen molar-refractivity contribution in [3.63, 3.8) is 0 Å². The van der Waals surface area contributed by atoms with Crippen LogP contribution >= 0.6 is 0 Å². The van der Waals surface area contributed by atoms with Gasteiger partial charge in [-0.05, 0) is 33.6 Å². The number of carbonyl (C=O) groups is 2. The average molecular weight is 266 g/mol. The lowest BCUT2D eigenvalue weighted by Gasteiger charge is -2.19. The molecule has 1 heterocycles. The van der Waals surface area contributed by atoms with Crippen LogP contribution in [0, 0.1) is 5.41 Å². The molecule has 1 saturated carbocycles. The number of hydrogen-bond donors (Lipinski definition) is 1. The Labute approximate surface area is 111 Å². The molecule has 19 heavy (non-hydrogen) atoms. The largest absolute Gasteiger partial charge is 0.481 e. The van der Waals surface area contributed by atoms with E-state index in [1.807, 2.05) is 0 Å². The fourth-order valence-corrected chi connectivity index (χ4v) is 1.83. The lowest BCUT2D eigenvalue weighted by atomic mass is 10.0. The SMILES string of the molecule is CC(C)(C)OC(=O)n1cnc(CC2(C(=O)O)CC2)c1. The number of carboxylic acids is 1. The Kier molecular flexibility index (Phi) is 3.12. The first-order valence-electron chi connectivity index (χ1n) is 6.21. The maximum Gasteiger partial charge on any atom is 0.419 e. The summed E-state index contributed by atoms with van der Waals surface area (Å²) in [5, 5.41) is 9.11. The smallest absolute Gasteiger partial charge is 0.419 e. The second-order valence-corrected chi connectivity index (χ2v) is 6.01. The number of rotatable bonds is 3. The van der Waals surface area contributed by atoms with Crippen LogP contribution < -0.4 is 0 Å². The van der Waals surface area contributed by atoms with Crippen molar-refractivity contribution in [1.29, 1.82) is 0 Å². The minimum absolute atomic E-state index is 0.359. The molecule has 1 aromatic heterocycles. The van der Waals surface area contributed by atoms with Gasteiger partial charge in [-0.15, -0.1) is 0 Å². The van der Waals surface area contributed by atoms with Crippen molar-refractivity contribution in [3.05, 3.63) is 18.2 Å². The predicted octanol–water partition coefficient (Wildman–Crippen LogP) is 2.07. The standard InChI is InChI=1S/C13H18N2O4/c1-12(2,3)19-11(18)15-7-9(14-8-15)6-13(4-5-13)10(16)17/h7-8H,4-6H2,1-3H3,(H,16,17). The second-order valence-electron chi connectivity index (χ2n) is 6.01. The molecule has 1 aliphatic rings. The van der Waals surface area contributed by atoms with Crippen LogP contribution in [0.4, 0.5) is 4.79 Å². The van der Waals surface area contributed by atoms with E-state index in [1.54, 1.807) is 20.8 Å². The summed E-state index contributed by atoms with van der Waals surface area (Å²) in [7, 11) is 0. The number of aromatic nitrogens is 2. The van der Waals surface area contributed by atoms with Crippen LogP contribution in [-0.2, 0) is 16.0 Å². The van der Waals surface area contributed by atoms with Crippen molar-refractivity contribution in [2.75, 3.05) is 0 Å². The van der Waals surface area contributed by atoms with Gasteiger partial charge in [-0.25, -0.2) is 14.3 Å². The highest BCUT2D eigenvalue weighted by Crippen LogP contribution is 2.48. The van der Waals surface area contributed by atoms with Crippen LogP contribution in [0.15, 0.2) is 12.5 Å². The van der Waals surface area contributed by atoms with Crippen molar-refractivity contribution in [2.45, 2.75) is 45.6 Å². The first-order chi connectivity index (χ1) is 8.72. The summed E-state index contributed by atoms with van der Waals surface area (Å²) in [5.74, 6) is -0.792. The van der Waals surface area contributed by atoms with E-state index in [4.69, 9.17) is 9.84 Å². The van der Waals surface area contributed by atoms with E-state index in [0.29, 0.717) is 25.0 Å². The third kappa shape index (κ3) is 3.13. The highest BCUT2D eigenvalue weighted by atomic mass is 16.6. The fraction of sp³-hybridized carbons (Fsp3) is 0.615. The van der Waals surface area contributed by atoms with Gasteiger partial charge in [0.1, 0.15) is 11.9 Å². The first-order valence-corrected chi connectivity index (χ1v) is 6.21. The minimum Gasteiger partial charge on any atom is -0.481 e. The molecule has 104 valence electrons. The number of ether oxygens (including phenoxy) is 1. The van der Waals surface area contributed by atoms with Crippen LogP contribution in [-0.4, -0.2) is 32.3 Å². The van der Waals surface area contributed by atoms with Gasteiger partial charge in [-0.1, -0.05) is 0 Å². The third-order valence-electron chi connectivity index (χ3n) is 3.07. The van der Waals surface area contributed by atoms with E-state index in [2.05, 4.69) is 4.98 Å². The maximum atomic E-state index is 11.8. The summed E-state index contributed by atoms with van der Waals surface area (Å²) in [6.45, 7) is 5.35. The molecule has 6 nitrogen and oxygen atoms in total. The van der Waals surface area contributed by atoms with Gasteiger partial charge in [0, 0.05) is 12.6 Å². The molecular weight excluding hydrogens is 248 g/mol. The summed E-state index contributed by atoms with van der Waals surface area (Å²) in [6, 6.07) is 0. The molecule has 0 aromatic carbocycles. The van der Waals surface area contributed by atoms with Gasteiger partial charge in [0.05, 0.1) is 11.1 Å². The summed E-state index contributed by atoms with van der Waals surface area (Å²) >= 11 is 0. The number of aliphatic carboxylic acids is 1. The van der Waals surface area contributed by atoms with Crippen LogP contribution in [0.1, 0.15) is 39.3 Å². The molecule has 0 amide bonds. The Morgan fingerprint density at radius 1 is 1.47 bits per heavy atom. The summed E-state index contributed by atoms with van der Waals surface area (Å²) in [5.41, 5.74) is -0.640. The predicted molar refractivity (Wildman–Crippen MR) is 66.9 cm³/mol. The number of carboxylic acid groups (broad SMARTS) is 1. The van der Waals surface area contributed by atoms with Crippen LogP contribution in [0.3, 0.4) is 0 Å². The number of hydrogen-bond acceptors (Lipinski definition) is 4. The molecule has 0 spiro atoms. The molecule has 0 unspecified atom stereocenters. The van der Waals surface area contributed by atoms with E-state index in [-0.39, 0.29) is 0 Å². The zero-order chi connectivity index (χ0) is 14.3. The lowest BCUT2D eigenvalue weighted by molar-refractivity contribution is -0.143. The Morgan fingerprint density at radius 3 is 2.58 bits per heavy atom. The van der Waals surface area contributed by atoms with E-state index in [0.717, 1.165) is 0 Å². The second kappa shape index (κ2) is 4.36.